The fraction of sp³-hybridized carbons (Fsp3) is 0.278. The molecule has 122 valence electrons. The Morgan fingerprint density at radius 2 is 1.70 bits per heavy atom. The van der Waals surface area contributed by atoms with E-state index in [0.717, 1.165) is 21.2 Å². The quantitative estimate of drug-likeness (QED) is 0.808. The Hall–Kier alpha value is -1.98. The van der Waals surface area contributed by atoms with Crippen LogP contribution in [0.4, 0.5) is 5.69 Å². The van der Waals surface area contributed by atoms with Crippen LogP contribution < -0.4 is 15.8 Å². The summed E-state index contributed by atoms with van der Waals surface area (Å²) in [6.07, 6.45) is 1.14. The molecule has 2 aromatic carbocycles. The van der Waals surface area contributed by atoms with Crippen LogP contribution in [0.1, 0.15) is 19.8 Å². The molecule has 0 bridgehead atoms. The zero-order chi connectivity index (χ0) is 16.7. The van der Waals surface area contributed by atoms with Crippen molar-refractivity contribution in [2.45, 2.75) is 35.6 Å². The molecule has 0 radical (unpaired) electrons. The third-order valence-electron chi connectivity index (χ3n) is 3.26. The summed E-state index contributed by atoms with van der Waals surface area (Å²) in [7, 11) is 1.66. The largest absolute Gasteiger partial charge is 0.497 e. The minimum Gasteiger partial charge on any atom is -0.497 e. The summed E-state index contributed by atoms with van der Waals surface area (Å²) in [4.78, 5) is 14.0. The van der Waals surface area contributed by atoms with E-state index in [2.05, 4.69) is 5.32 Å². The number of anilines is 1. The lowest BCUT2D eigenvalue weighted by molar-refractivity contribution is -0.116. The monoisotopic (exact) mass is 330 g/mol. The molecule has 2 rings (SSSR count). The Labute approximate surface area is 141 Å². The summed E-state index contributed by atoms with van der Waals surface area (Å²) in [5.74, 6) is 0.845. The molecule has 1 unspecified atom stereocenters. The topological polar surface area (TPSA) is 64.3 Å². The van der Waals surface area contributed by atoms with Crippen LogP contribution in [0.2, 0.25) is 0 Å². The number of ether oxygens (including phenoxy) is 1. The van der Waals surface area contributed by atoms with Gasteiger partial charge in [-0.2, -0.15) is 0 Å². The van der Waals surface area contributed by atoms with Gasteiger partial charge in [0.1, 0.15) is 5.75 Å². The number of carbonyl (C=O) groups excluding carboxylic acids is 1. The van der Waals surface area contributed by atoms with Crippen molar-refractivity contribution < 1.29 is 9.53 Å². The lowest BCUT2D eigenvalue weighted by atomic mass is 10.2. The molecule has 0 aliphatic rings. The molecule has 1 amide bonds. The molecule has 23 heavy (non-hydrogen) atoms. The van der Waals surface area contributed by atoms with Gasteiger partial charge in [-0.1, -0.05) is 11.8 Å². The van der Waals surface area contributed by atoms with Crippen molar-refractivity contribution >= 4 is 23.4 Å². The molecule has 1 atom stereocenters. The third-order valence-corrected chi connectivity index (χ3v) is 4.28. The Morgan fingerprint density at radius 3 is 2.22 bits per heavy atom. The number of methoxy groups -OCH3 is 1. The van der Waals surface area contributed by atoms with E-state index in [1.165, 1.54) is 0 Å². The molecule has 0 aliphatic heterocycles. The number of nitrogens with one attached hydrogen (secondary N) is 1. The van der Waals surface area contributed by atoms with Crippen LogP contribution in [0.5, 0.6) is 5.75 Å². The summed E-state index contributed by atoms with van der Waals surface area (Å²) in [5.41, 5.74) is 6.46. The second-order valence-electron chi connectivity index (χ2n) is 5.37. The van der Waals surface area contributed by atoms with Gasteiger partial charge < -0.3 is 15.8 Å². The summed E-state index contributed by atoms with van der Waals surface area (Å²) in [6, 6.07) is 15.8. The van der Waals surface area contributed by atoms with Crippen molar-refractivity contribution in [3.05, 3.63) is 48.5 Å². The molecular formula is C18H22N2O2S. The molecular weight excluding hydrogens is 308 g/mol. The van der Waals surface area contributed by atoms with E-state index in [1.807, 2.05) is 55.5 Å². The minimum atomic E-state index is -0.00198. The maximum Gasteiger partial charge on any atom is 0.224 e. The van der Waals surface area contributed by atoms with Crippen LogP contribution in [0, 0.1) is 0 Å². The third kappa shape index (κ3) is 5.96. The fourth-order valence-electron chi connectivity index (χ4n) is 1.97. The standard InChI is InChI=1S/C18H22N2O2S/c1-13(19)3-12-18(21)20-14-4-8-16(9-5-14)23-17-10-6-15(22-2)7-11-17/h4-11,13H,3,12,19H2,1-2H3,(H,20,21). The van der Waals surface area contributed by atoms with E-state index in [9.17, 15) is 4.79 Å². The molecule has 0 aromatic heterocycles. The highest BCUT2D eigenvalue weighted by molar-refractivity contribution is 7.99. The van der Waals surface area contributed by atoms with E-state index < -0.39 is 0 Å². The first kappa shape index (κ1) is 17.4. The van der Waals surface area contributed by atoms with Crippen molar-refractivity contribution in [1.29, 1.82) is 0 Å². The molecule has 0 fully saturated rings. The maximum absolute atomic E-state index is 11.8. The first-order chi connectivity index (χ1) is 11.1. The zero-order valence-corrected chi connectivity index (χ0v) is 14.2. The molecule has 0 aliphatic carbocycles. The highest BCUT2D eigenvalue weighted by Gasteiger charge is 2.05. The van der Waals surface area contributed by atoms with Crippen LogP contribution in [0.3, 0.4) is 0 Å². The van der Waals surface area contributed by atoms with Crippen molar-refractivity contribution in [2.24, 2.45) is 5.73 Å². The molecule has 0 heterocycles. The molecule has 4 nitrogen and oxygen atoms in total. The number of nitrogens with two attached hydrogens (primary N) is 1. The van der Waals surface area contributed by atoms with E-state index in [-0.39, 0.29) is 11.9 Å². The Bertz CT molecular complexity index is 624. The van der Waals surface area contributed by atoms with Crippen molar-refractivity contribution in [3.8, 4) is 5.75 Å². The SMILES string of the molecule is COc1ccc(Sc2ccc(NC(=O)CCC(C)N)cc2)cc1. The van der Waals surface area contributed by atoms with Crippen molar-refractivity contribution in [2.75, 3.05) is 12.4 Å². The highest BCUT2D eigenvalue weighted by atomic mass is 32.2. The van der Waals surface area contributed by atoms with Gasteiger partial charge in [0, 0.05) is 27.9 Å². The van der Waals surface area contributed by atoms with Gasteiger partial charge in [-0.15, -0.1) is 0 Å². The number of rotatable bonds is 7. The van der Waals surface area contributed by atoms with Gasteiger partial charge in [0.05, 0.1) is 7.11 Å². The van der Waals surface area contributed by atoms with E-state index in [1.54, 1.807) is 18.9 Å². The number of amides is 1. The minimum absolute atomic E-state index is 0.00198. The second-order valence-corrected chi connectivity index (χ2v) is 6.51. The van der Waals surface area contributed by atoms with Crippen LogP contribution in [0.25, 0.3) is 0 Å². The van der Waals surface area contributed by atoms with Gasteiger partial charge in [-0.05, 0) is 61.9 Å². The summed E-state index contributed by atoms with van der Waals surface area (Å²) in [5, 5.41) is 2.88. The number of carbonyl (C=O) groups is 1. The number of hydrogen-bond acceptors (Lipinski definition) is 4. The zero-order valence-electron chi connectivity index (χ0n) is 13.4. The van der Waals surface area contributed by atoms with Gasteiger partial charge in [0.25, 0.3) is 0 Å². The van der Waals surface area contributed by atoms with Gasteiger partial charge in [-0.3, -0.25) is 4.79 Å². The summed E-state index contributed by atoms with van der Waals surface area (Å²) in [6.45, 7) is 1.90. The molecule has 0 spiro atoms. The lowest BCUT2D eigenvalue weighted by Crippen LogP contribution is -2.19. The predicted octanol–water partition coefficient (Wildman–Crippen LogP) is 3.91. The smallest absolute Gasteiger partial charge is 0.224 e. The average Bonchev–Trinajstić information content (AvgIpc) is 2.55. The average molecular weight is 330 g/mol. The normalized spacial score (nSPS) is 11.8. The molecule has 5 heteroatoms. The van der Waals surface area contributed by atoms with E-state index in [4.69, 9.17) is 10.5 Å². The van der Waals surface area contributed by atoms with Gasteiger partial charge in [0.2, 0.25) is 5.91 Å². The molecule has 3 N–H and O–H groups in total. The Balaban J connectivity index is 1.89. The van der Waals surface area contributed by atoms with E-state index in [0.29, 0.717) is 12.8 Å². The van der Waals surface area contributed by atoms with Crippen LogP contribution in [-0.2, 0) is 4.79 Å². The first-order valence-corrected chi connectivity index (χ1v) is 8.36. The van der Waals surface area contributed by atoms with Crippen molar-refractivity contribution in [3.63, 3.8) is 0 Å². The van der Waals surface area contributed by atoms with E-state index >= 15 is 0 Å². The highest BCUT2D eigenvalue weighted by Crippen LogP contribution is 2.29. The second kappa shape index (κ2) is 8.60. The number of benzene rings is 2. The Kier molecular flexibility index (Phi) is 6.50. The van der Waals surface area contributed by atoms with Gasteiger partial charge >= 0.3 is 0 Å². The van der Waals surface area contributed by atoms with Crippen molar-refractivity contribution in [1.82, 2.24) is 0 Å². The molecule has 0 saturated heterocycles. The molecule has 2 aromatic rings. The summed E-state index contributed by atoms with van der Waals surface area (Å²) < 4.78 is 5.15. The van der Waals surface area contributed by atoms with Crippen LogP contribution >= 0.6 is 11.8 Å². The fourth-order valence-corrected chi connectivity index (χ4v) is 2.78. The van der Waals surface area contributed by atoms with Gasteiger partial charge in [0.15, 0.2) is 0 Å². The lowest BCUT2D eigenvalue weighted by Gasteiger charge is -2.08. The predicted molar refractivity (Wildman–Crippen MR) is 95.1 cm³/mol. The first-order valence-electron chi connectivity index (χ1n) is 7.54. The number of hydrogen-bond donors (Lipinski definition) is 2. The molecule has 0 saturated carbocycles. The summed E-state index contributed by atoms with van der Waals surface area (Å²) >= 11 is 1.66. The maximum atomic E-state index is 11.8. The van der Waals surface area contributed by atoms with Crippen LogP contribution in [-0.4, -0.2) is 19.1 Å². The Morgan fingerprint density at radius 1 is 1.13 bits per heavy atom. The van der Waals surface area contributed by atoms with Gasteiger partial charge in [-0.25, -0.2) is 0 Å². The van der Waals surface area contributed by atoms with Crippen LogP contribution in [0.15, 0.2) is 58.3 Å².